The standard InChI is InChI=1S/C25H31N3O5S2/c1-5-32-13-12-28-22-11-6-17(2)14-23(22)34-25(28)26-24(29)20-7-9-21(10-8-20)35(30,31)27-15-18(3)33-19(4)16-27/h6-11,14,18-19H,5,12-13,15-16H2,1-4H3. The van der Waals surface area contributed by atoms with Crippen LogP contribution in [0.2, 0.25) is 0 Å². The molecule has 4 rings (SSSR count). The number of rotatable bonds is 7. The number of fused-ring (bicyclic) bond motifs is 1. The van der Waals surface area contributed by atoms with E-state index in [1.807, 2.05) is 44.4 Å². The predicted octanol–water partition coefficient (Wildman–Crippen LogP) is 3.59. The maximum absolute atomic E-state index is 13.1. The van der Waals surface area contributed by atoms with Crippen LogP contribution in [-0.2, 0) is 26.0 Å². The van der Waals surface area contributed by atoms with Gasteiger partial charge in [-0.1, -0.05) is 17.4 Å². The molecular weight excluding hydrogens is 486 g/mol. The highest BCUT2D eigenvalue weighted by atomic mass is 32.2. The van der Waals surface area contributed by atoms with Gasteiger partial charge in [-0.25, -0.2) is 8.42 Å². The van der Waals surface area contributed by atoms with Crippen molar-refractivity contribution in [3.8, 4) is 0 Å². The lowest BCUT2D eigenvalue weighted by molar-refractivity contribution is -0.0440. The molecule has 1 amide bonds. The zero-order valence-electron chi connectivity index (χ0n) is 20.4. The molecule has 0 saturated carbocycles. The molecule has 2 atom stereocenters. The normalized spacial score (nSPS) is 19.9. The van der Waals surface area contributed by atoms with Crippen molar-refractivity contribution >= 4 is 37.5 Å². The maximum atomic E-state index is 13.1. The van der Waals surface area contributed by atoms with E-state index in [0.29, 0.717) is 43.2 Å². The third kappa shape index (κ3) is 5.73. The molecule has 1 aromatic heterocycles. The number of carbonyl (C=O) groups is 1. The number of hydrogen-bond acceptors (Lipinski definition) is 6. The average Bonchev–Trinajstić information content (AvgIpc) is 3.14. The lowest BCUT2D eigenvalue weighted by Crippen LogP contribution is -2.48. The molecule has 1 aliphatic rings. The van der Waals surface area contributed by atoms with Gasteiger partial charge in [0.2, 0.25) is 10.0 Å². The molecule has 3 aromatic rings. The third-order valence-electron chi connectivity index (χ3n) is 5.82. The fraction of sp³-hybridized carbons (Fsp3) is 0.440. The van der Waals surface area contributed by atoms with Crippen LogP contribution in [0, 0.1) is 6.92 Å². The number of sulfonamides is 1. The van der Waals surface area contributed by atoms with Crippen LogP contribution >= 0.6 is 11.3 Å². The molecule has 10 heteroatoms. The van der Waals surface area contributed by atoms with Gasteiger partial charge in [0, 0.05) is 31.8 Å². The van der Waals surface area contributed by atoms with E-state index in [1.54, 1.807) is 0 Å². The second kappa shape index (κ2) is 10.7. The summed E-state index contributed by atoms with van der Waals surface area (Å²) in [6, 6.07) is 12.1. The Morgan fingerprint density at radius 1 is 1.14 bits per heavy atom. The summed E-state index contributed by atoms with van der Waals surface area (Å²) in [6.07, 6.45) is -0.347. The molecule has 8 nitrogen and oxygen atoms in total. The van der Waals surface area contributed by atoms with Gasteiger partial charge in [0.05, 0.1) is 33.9 Å². The monoisotopic (exact) mass is 517 g/mol. The van der Waals surface area contributed by atoms with Crippen molar-refractivity contribution in [3.05, 3.63) is 58.4 Å². The van der Waals surface area contributed by atoms with Gasteiger partial charge < -0.3 is 14.0 Å². The van der Waals surface area contributed by atoms with Crippen molar-refractivity contribution in [1.82, 2.24) is 8.87 Å². The van der Waals surface area contributed by atoms with E-state index in [-0.39, 0.29) is 17.1 Å². The summed E-state index contributed by atoms with van der Waals surface area (Å²) in [5, 5.41) is 0. The summed E-state index contributed by atoms with van der Waals surface area (Å²) in [5.74, 6) is -0.420. The van der Waals surface area contributed by atoms with Gasteiger partial charge in [-0.3, -0.25) is 4.79 Å². The number of hydrogen-bond donors (Lipinski definition) is 0. The predicted molar refractivity (Wildman–Crippen MR) is 136 cm³/mol. The SMILES string of the molecule is CCOCCn1c(=NC(=O)c2ccc(S(=O)(=O)N3CC(C)OC(C)C3)cc2)sc2cc(C)ccc21. The molecule has 35 heavy (non-hydrogen) atoms. The fourth-order valence-electron chi connectivity index (χ4n) is 4.18. The van der Waals surface area contributed by atoms with Crippen molar-refractivity contribution in [1.29, 1.82) is 0 Å². The Labute approximate surface area is 209 Å². The van der Waals surface area contributed by atoms with Gasteiger partial charge >= 0.3 is 0 Å². The Bertz CT molecular complexity index is 1370. The quantitative estimate of drug-likeness (QED) is 0.447. The van der Waals surface area contributed by atoms with Gasteiger partial charge in [0.15, 0.2) is 4.80 Å². The largest absolute Gasteiger partial charge is 0.380 e. The van der Waals surface area contributed by atoms with Crippen molar-refractivity contribution in [2.45, 2.75) is 51.3 Å². The summed E-state index contributed by atoms with van der Waals surface area (Å²) >= 11 is 1.45. The molecule has 0 N–H and O–H groups in total. The second-order valence-corrected chi connectivity index (χ2v) is 11.7. The van der Waals surface area contributed by atoms with Crippen LogP contribution in [0.15, 0.2) is 52.4 Å². The van der Waals surface area contributed by atoms with Gasteiger partial charge in [0.1, 0.15) is 0 Å². The Morgan fingerprint density at radius 3 is 2.49 bits per heavy atom. The zero-order chi connectivity index (χ0) is 25.2. The van der Waals surface area contributed by atoms with Crippen LogP contribution in [0.3, 0.4) is 0 Å². The smallest absolute Gasteiger partial charge is 0.279 e. The van der Waals surface area contributed by atoms with Crippen LogP contribution in [0.1, 0.15) is 36.7 Å². The van der Waals surface area contributed by atoms with Crippen molar-refractivity contribution in [2.75, 3.05) is 26.3 Å². The van der Waals surface area contributed by atoms with E-state index >= 15 is 0 Å². The molecule has 188 valence electrons. The van der Waals surface area contributed by atoms with E-state index in [2.05, 4.69) is 11.1 Å². The number of benzene rings is 2. The lowest BCUT2D eigenvalue weighted by atomic mass is 10.2. The van der Waals surface area contributed by atoms with Crippen LogP contribution in [0.5, 0.6) is 0 Å². The summed E-state index contributed by atoms with van der Waals surface area (Å²) < 4.78 is 41.8. The van der Waals surface area contributed by atoms with Gasteiger partial charge in [-0.2, -0.15) is 9.30 Å². The number of nitrogens with zero attached hydrogens (tertiary/aromatic N) is 3. The first-order valence-electron chi connectivity index (χ1n) is 11.7. The molecule has 0 radical (unpaired) electrons. The lowest BCUT2D eigenvalue weighted by Gasteiger charge is -2.34. The van der Waals surface area contributed by atoms with Crippen LogP contribution < -0.4 is 4.80 Å². The summed E-state index contributed by atoms with van der Waals surface area (Å²) in [6.45, 7) is 10.0. The van der Waals surface area contributed by atoms with Gasteiger partial charge in [-0.05, 0) is 69.7 Å². The molecule has 0 bridgehead atoms. The molecular formula is C25H31N3O5S2. The van der Waals surface area contributed by atoms with E-state index in [9.17, 15) is 13.2 Å². The minimum absolute atomic E-state index is 0.152. The minimum Gasteiger partial charge on any atom is -0.380 e. The number of aromatic nitrogens is 1. The van der Waals surface area contributed by atoms with Crippen LogP contribution in [0.25, 0.3) is 10.2 Å². The topological polar surface area (TPSA) is 90.2 Å². The molecule has 2 aromatic carbocycles. The molecule has 0 aliphatic carbocycles. The number of thiazole rings is 1. The molecule has 1 aliphatic heterocycles. The Morgan fingerprint density at radius 2 is 1.83 bits per heavy atom. The molecule has 2 unspecified atom stereocenters. The number of carbonyl (C=O) groups excluding carboxylic acids is 1. The Kier molecular flexibility index (Phi) is 7.87. The first-order valence-corrected chi connectivity index (χ1v) is 14.0. The number of amides is 1. The Balaban J connectivity index is 1.62. The summed E-state index contributed by atoms with van der Waals surface area (Å²) in [4.78, 5) is 18.1. The molecule has 2 heterocycles. The molecule has 0 spiro atoms. The summed E-state index contributed by atoms with van der Waals surface area (Å²) in [5.41, 5.74) is 2.47. The first kappa shape index (κ1) is 25.7. The summed E-state index contributed by atoms with van der Waals surface area (Å²) in [7, 11) is -3.67. The minimum atomic E-state index is -3.67. The average molecular weight is 518 g/mol. The van der Waals surface area contributed by atoms with Crippen molar-refractivity contribution in [3.63, 3.8) is 0 Å². The maximum Gasteiger partial charge on any atom is 0.279 e. The van der Waals surface area contributed by atoms with Gasteiger partial charge in [0.25, 0.3) is 5.91 Å². The number of ether oxygens (including phenoxy) is 2. The highest BCUT2D eigenvalue weighted by Crippen LogP contribution is 2.22. The van der Waals surface area contributed by atoms with Crippen molar-refractivity contribution < 1.29 is 22.7 Å². The first-order chi connectivity index (χ1) is 16.7. The van der Waals surface area contributed by atoms with E-state index in [4.69, 9.17) is 9.47 Å². The van der Waals surface area contributed by atoms with Gasteiger partial charge in [-0.15, -0.1) is 0 Å². The highest BCUT2D eigenvalue weighted by molar-refractivity contribution is 7.89. The Hall–Kier alpha value is -2.37. The van der Waals surface area contributed by atoms with E-state index in [1.165, 1.54) is 39.9 Å². The second-order valence-electron chi connectivity index (χ2n) is 8.73. The van der Waals surface area contributed by atoms with Crippen LogP contribution in [-0.4, -0.2) is 61.7 Å². The zero-order valence-corrected chi connectivity index (χ0v) is 22.1. The number of aryl methyl sites for hydroxylation is 1. The van der Waals surface area contributed by atoms with Crippen molar-refractivity contribution in [2.24, 2.45) is 4.99 Å². The number of morpholine rings is 1. The third-order valence-corrected chi connectivity index (χ3v) is 8.71. The van der Waals surface area contributed by atoms with Crippen LogP contribution in [0.4, 0.5) is 0 Å². The highest BCUT2D eigenvalue weighted by Gasteiger charge is 2.32. The molecule has 1 saturated heterocycles. The fourth-order valence-corrected chi connectivity index (χ4v) is 6.92. The molecule has 1 fully saturated rings. The van der Waals surface area contributed by atoms with E-state index < -0.39 is 15.9 Å². The van der Waals surface area contributed by atoms with E-state index in [0.717, 1.165) is 15.8 Å².